The monoisotopic (exact) mass is 540 g/mol. The summed E-state index contributed by atoms with van der Waals surface area (Å²) in [4.78, 5) is 17.7. The molecule has 0 amide bonds. The van der Waals surface area contributed by atoms with E-state index in [1.54, 1.807) is 0 Å². The number of anilines is 2. The third-order valence-corrected chi connectivity index (χ3v) is 9.72. The van der Waals surface area contributed by atoms with Crippen molar-refractivity contribution in [2.45, 2.75) is 83.0 Å². The van der Waals surface area contributed by atoms with Crippen LogP contribution < -0.4 is 19.9 Å². The molecule has 3 aromatic rings. The predicted molar refractivity (Wildman–Crippen MR) is 163 cm³/mol. The SMILES string of the molecule is CCCCc1cccc2cccc(N3CCc4c(nc(OC[C@@H]5CCCN5C)nc4N4C[C@H]5CC[C@@H](C4)N5)C3)c12. The van der Waals surface area contributed by atoms with Gasteiger partial charge in [-0.05, 0) is 75.6 Å². The number of hydrogen-bond acceptors (Lipinski definition) is 7. The topological polar surface area (TPSA) is 56.8 Å². The van der Waals surface area contributed by atoms with Crippen LogP contribution in [0.3, 0.4) is 0 Å². The van der Waals surface area contributed by atoms with Gasteiger partial charge in [0.2, 0.25) is 0 Å². The van der Waals surface area contributed by atoms with E-state index in [9.17, 15) is 0 Å². The van der Waals surface area contributed by atoms with Crippen molar-refractivity contribution in [3.63, 3.8) is 0 Å². The van der Waals surface area contributed by atoms with E-state index in [2.05, 4.69) is 70.4 Å². The molecule has 1 aromatic heterocycles. The van der Waals surface area contributed by atoms with Crippen LogP contribution in [0.25, 0.3) is 10.8 Å². The molecule has 5 heterocycles. The molecule has 1 N–H and O–H groups in total. The van der Waals surface area contributed by atoms with E-state index in [-0.39, 0.29) is 0 Å². The van der Waals surface area contributed by atoms with Gasteiger partial charge < -0.3 is 24.8 Å². The molecule has 3 fully saturated rings. The summed E-state index contributed by atoms with van der Waals surface area (Å²) in [5.41, 5.74) is 5.27. The van der Waals surface area contributed by atoms with Crippen LogP contribution in [0, 0.1) is 0 Å². The molecule has 0 aliphatic carbocycles. The van der Waals surface area contributed by atoms with E-state index < -0.39 is 0 Å². The van der Waals surface area contributed by atoms with E-state index in [1.165, 1.54) is 66.1 Å². The first-order valence-electron chi connectivity index (χ1n) is 15.7. The molecule has 0 unspecified atom stereocenters. The zero-order chi connectivity index (χ0) is 27.1. The van der Waals surface area contributed by atoms with E-state index in [4.69, 9.17) is 14.7 Å². The van der Waals surface area contributed by atoms with Crippen LogP contribution in [0.15, 0.2) is 36.4 Å². The van der Waals surface area contributed by atoms with Gasteiger partial charge in [0.15, 0.2) is 0 Å². The summed E-state index contributed by atoms with van der Waals surface area (Å²) in [7, 11) is 2.20. The number of fused-ring (bicyclic) bond motifs is 4. The van der Waals surface area contributed by atoms with Gasteiger partial charge in [0, 0.05) is 54.4 Å². The second-order valence-corrected chi connectivity index (χ2v) is 12.5. The normalized spacial score (nSPS) is 24.6. The summed E-state index contributed by atoms with van der Waals surface area (Å²) in [6.07, 6.45) is 9.47. The molecule has 3 saturated heterocycles. The zero-order valence-corrected chi connectivity index (χ0v) is 24.2. The molecule has 3 atom stereocenters. The number of aryl methyl sites for hydroxylation is 1. The number of ether oxygens (including phenoxy) is 1. The minimum atomic E-state index is 0.451. The van der Waals surface area contributed by atoms with Gasteiger partial charge in [0.25, 0.3) is 0 Å². The van der Waals surface area contributed by atoms with E-state index >= 15 is 0 Å². The summed E-state index contributed by atoms with van der Waals surface area (Å²) in [5.74, 6) is 1.12. The van der Waals surface area contributed by atoms with E-state index in [0.29, 0.717) is 30.7 Å². The molecule has 7 rings (SSSR count). The van der Waals surface area contributed by atoms with Crippen molar-refractivity contribution >= 4 is 22.3 Å². The van der Waals surface area contributed by atoms with Crippen molar-refractivity contribution in [1.82, 2.24) is 20.2 Å². The smallest absolute Gasteiger partial charge is 0.318 e. The maximum Gasteiger partial charge on any atom is 0.318 e. The van der Waals surface area contributed by atoms with Crippen molar-refractivity contribution in [3.8, 4) is 6.01 Å². The standard InChI is InChI=1S/C33H44N6O/c1-3-4-8-23-9-5-10-24-11-6-13-30(31(23)24)38-18-16-28-29(21-38)35-33(40-22-27-12-7-17-37(27)2)36-32(28)39-19-25-14-15-26(20-39)34-25/h5-6,9-11,13,25-27,34H,3-4,7-8,12,14-22H2,1-2H3/t25-,26+,27-/m0/s1. The van der Waals surface area contributed by atoms with Crippen LogP contribution in [0.5, 0.6) is 6.01 Å². The fourth-order valence-corrected chi connectivity index (χ4v) is 7.49. The van der Waals surface area contributed by atoms with Gasteiger partial charge in [-0.15, -0.1) is 0 Å². The lowest BCUT2D eigenvalue weighted by Gasteiger charge is -2.37. The molecule has 40 heavy (non-hydrogen) atoms. The Bertz CT molecular complexity index is 1340. The van der Waals surface area contributed by atoms with Crippen LogP contribution in [-0.4, -0.2) is 72.8 Å². The lowest BCUT2D eigenvalue weighted by Crippen LogP contribution is -2.52. The van der Waals surface area contributed by atoms with Gasteiger partial charge in [-0.3, -0.25) is 0 Å². The Morgan fingerprint density at radius 2 is 1.80 bits per heavy atom. The maximum atomic E-state index is 6.38. The van der Waals surface area contributed by atoms with Crippen molar-refractivity contribution in [2.24, 2.45) is 0 Å². The summed E-state index contributed by atoms with van der Waals surface area (Å²) < 4.78 is 6.38. The Balaban J connectivity index is 1.22. The Labute approximate surface area is 238 Å². The Morgan fingerprint density at radius 1 is 0.975 bits per heavy atom. The first-order chi connectivity index (χ1) is 19.7. The highest BCUT2D eigenvalue weighted by molar-refractivity contribution is 5.97. The van der Waals surface area contributed by atoms with E-state index in [1.807, 2.05) is 0 Å². The zero-order valence-electron chi connectivity index (χ0n) is 24.2. The molecule has 4 aliphatic rings. The van der Waals surface area contributed by atoms with Crippen molar-refractivity contribution < 1.29 is 4.74 Å². The molecule has 7 heteroatoms. The number of likely N-dealkylation sites (N-methyl/N-ethyl adjacent to an activating group) is 1. The number of nitrogens with one attached hydrogen (secondary N) is 1. The highest BCUT2D eigenvalue weighted by Crippen LogP contribution is 2.37. The Hall–Kier alpha value is -2.90. The molecule has 0 saturated carbocycles. The van der Waals surface area contributed by atoms with Gasteiger partial charge in [0.05, 0.1) is 12.2 Å². The first kappa shape index (κ1) is 26.0. The van der Waals surface area contributed by atoms with Crippen LogP contribution in [-0.2, 0) is 19.4 Å². The minimum Gasteiger partial charge on any atom is -0.462 e. The number of nitrogens with zero attached hydrogens (tertiary/aromatic N) is 5. The highest BCUT2D eigenvalue weighted by Gasteiger charge is 2.35. The van der Waals surface area contributed by atoms with Crippen molar-refractivity contribution in [3.05, 3.63) is 53.2 Å². The molecule has 2 aromatic carbocycles. The van der Waals surface area contributed by atoms with Crippen LogP contribution in [0.1, 0.15) is 62.3 Å². The van der Waals surface area contributed by atoms with Gasteiger partial charge in [-0.25, -0.2) is 0 Å². The number of unbranched alkanes of at least 4 members (excludes halogenated alkanes) is 1. The maximum absolute atomic E-state index is 6.38. The molecule has 7 nitrogen and oxygen atoms in total. The number of rotatable bonds is 8. The molecule has 0 spiro atoms. The molecular formula is C33H44N6O. The summed E-state index contributed by atoms with van der Waals surface area (Å²) in [5, 5.41) is 6.53. The van der Waals surface area contributed by atoms with Crippen LogP contribution in [0.2, 0.25) is 0 Å². The third kappa shape index (κ3) is 5.03. The van der Waals surface area contributed by atoms with Gasteiger partial charge in [0.1, 0.15) is 12.4 Å². The van der Waals surface area contributed by atoms with Crippen molar-refractivity contribution in [1.29, 1.82) is 0 Å². The van der Waals surface area contributed by atoms with Gasteiger partial charge in [-0.2, -0.15) is 9.97 Å². The summed E-state index contributed by atoms with van der Waals surface area (Å²) in [6.45, 7) is 7.92. The third-order valence-electron chi connectivity index (χ3n) is 9.72. The lowest BCUT2D eigenvalue weighted by atomic mass is 9.96. The fourth-order valence-electron chi connectivity index (χ4n) is 7.49. The predicted octanol–water partition coefficient (Wildman–Crippen LogP) is 4.95. The molecule has 2 bridgehead atoms. The average Bonchev–Trinajstić information content (AvgIpc) is 3.56. The second kappa shape index (κ2) is 11.2. The molecule has 4 aliphatic heterocycles. The first-order valence-corrected chi connectivity index (χ1v) is 15.7. The largest absolute Gasteiger partial charge is 0.462 e. The van der Waals surface area contributed by atoms with Crippen LogP contribution in [0.4, 0.5) is 11.5 Å². The Kier molecular flexibility index (Phi) is 7.27. The molecule has 212 valence electrons. The highest BCUT2D eigenvalue weighted by atomic mass is 16.5. The van der Waals surface area contributed by atoms with Gasteiger partial charge in [-0.1, -0.05) is 43.7 Å². The van der Waals surface area contributed by atoms with E-state index in [0.717, 1.165) is 57.1 Å². The minimum absolute atomic E-state index is 0.451. The number of likely N-dealkylation sites (tertiary alicyclic amines) is 1. The number of benzene rings is 2. The van der Waals surface area contributed by atoms with Crippen LogP contribution >= 0.6 is 0 Å². The summed E-state index contributed by atoms with van der Waals surface area (Å²) in [6, 6.07) is 15.7. The average molecular weight is 541 g/mol. The number of aromatic nitrogens is 2. The number of hydrogen-bond donors (Lipinski definition) is 1. The quantitative estimate of drug-likeness (QED) is 0.434. The van der Waals surface area contributed by atoms with Gasteiger partial charge >= 0.3 is 6.01 Å². The molecule has 0 radical (unpaired) electrons. The summed E-state index contributed by atoms with van der Waals surface area (Å²) >= 11 is 0. The van der Waals surface area contributed by atoms with Crippen molar-refractivity contribution in [2.75, 3.05) is 49.6 Å². The second-order valence-electron chi connectivity index (χ2n) is 12.5. The fraction of sp³-hybridized carbons (Fsp3) is 0.576. The number of piperazine rings is 1. The molecular weight excluding hydrogens is 496 g/mol. The lowest BCUT2D eigenvalue weighted by molar-refractivity contribution is 0.187. The Morgan fingerprint density at radius 3 is 2.58 bits per heavy atom.